The predicted octanol–water partition coefficient (Wildman–Crippen LogP) is 4.02. The van der Waals surface area contributed by atoms with Gasteiger partial charge >= 0.3 is 0 Å². The smallest absolute Gasteiger partial charge is 0.261 e. The molecule has 7 heteroatoms. The molecule has 1 fully saturated rings. The van der Waals surface area contributed by atoms with Crippen molar-refractivity contribution in [3.8, 4) is 0 Å². The molecule has 0 radical (unpaired) electrons. The van der Waals surface area contributed by atoms with E-state index in [0.29, 0.717) is 13.2 Å². The van der Waals surface area contributed by atoms with Crippen LogP contribution in [0.25, 0.3) is 10.1 Å². The van der Waals surface area contributed by atoms with Crippen molar-refractivity contribution in [2.24, 2.45) is 0 Å². The van der Waals surface area contributed by atoms with Gasteiger partial charge in [-0.25, -0.2) is 9.97 Å². The molecular weight excluding hydrogens is 384 g/mol. The van der Waals surface area contributed by atoms with Gasteiger partial charge in [0.2, 0.25) is 0 Å². The van der Waals surface area contributed by atoms with Gasteiger partial charge < -0.3 is 15.0 Å². The molecule has 2 aromatic heterocycles. The lowest BCUT2D eigenvalue weighted by Gasteiger charge is -2.34. The molecule has 3 heterocycles. The zero-order valence-electron chi connectivity index (χ0n) is 17.2. The first-order valence-electron chi connectivity index (χ1n) is 9.93. The quantitative estimate of drug-likeness (QED) is 0.704. The number of rotatable bonds is 4. The van der Waals surface area contributed by atoms with Gasteiger partial charge in [0.05, 0.1) is 11.5 Å². The number of carbonyl (C=O) groups is 1. The minimum absolute atomic E-state index is 0.0364. The van der Waals surface area contributed by atoms with Crippen molar-refractivity contribution in [2.75, 3.05) is 24.6 Å². The summed E-state index contributed by atoms with van der Waals surface area (Å²) in [6.07, 6.45) is -0.191. The van der Waals surface area contributed by atoms with Crippen LogP contribution in [0.2, 0.25) is 0 Å². The number of ether oxygens (including phenoxy) is 1. The lowest BCUT2D eigenvalue weighted by molar-refractivity contribution is 0.0399. The van der Waals surface area contributed by atoms with Gasteiger partial charge in [0.15, 0.2) is 0 Å². The van der Waals surface area contributed by atoms with Gasteiger partial charge in [0.25, 0.3) is 5.91 Å². The molecule has 0 saturated carbocycles. The molecule has 0 spiro atoms. The van der Waals surface area contributed by atoms with E-state index >= 15 is 0 Å². The molecule has 152 valence electrons. The molecule has 1 aliphatic rings. The van der Waals surface area contributed by atoms with Crippen LogP contribution in [0.15, 0.2) is 30.3 Å². The summed E-state index contributed by atoms with van der Waals surface area (Å²) in [6.45, 7) is 9.85. The van der Waals surface area contributed by atoms with Gasteiger partial charge in [0.1, 0.15) is 17.7 Å². The van der Waals surface area contributed by atoms with E-state index in [1.807, 2.05) is 45.9 Å². The van der Waals surface area contributed by atoms with Gasteiger partial charge in [-0.1, -0.05) is 18.2 Å². The number of anilines is 1. The van der Waals surface area contributed by atoms with Crippen LogP contribution in [0, 0.1) is 13.8 Å². The molecule has 4 rings (SSSR count). The van der Waals surface area contributed by atoms with Crippen LogP contribution >= 0.6 is 11.3 Å². The average molecular weight is 411 g/mol. The Labute approximate surface area is 174 Å². The second-order valence-electron chi connectivity index (χ2n) is 7.69. The first-order valence-corrected chi connectivity index (χ1v) is 10.7. The molecular formula is C22H26N4O2S. The minimum atomic E-state index is -0.191. The number of fused-ring (bicyclic) bond motifs is 1. The Balaban J connectivity index is 1.72. The second kappa shape index (κ2) is 8.08. The fourth-order valence-electron chi connectivity index (χ4n) is 3.77. The summed E-state index contributed by atoms with van der Waals surface area (Å²) in [5.41, 5.74) is 1.93. The topological polar surface area (TPSA) is 67.3 Å². The van der Waals surface area contributed by atoms with Crippen molar-refractivity contribution >= 4 is 33.1 Å². The normalized spacial score (nSPS) is 17.1. The molecule has 1 atom stereocenters. The summed E-state index contributed by atoms with van der Waals surface area (Å²) in [6, 6.07) is 10.2. The maximum Gasteiger partial charge on any atom is 0.261 e. The van der Waals surface area contributed by atoms with Crippen molar-refractivity contribution in [2.45, 2.75) is 39.8 Å². The molecule has 0 aliphatic carbocycles. The third kappa shape index (κ3) is 4.11. The maximum absolute atomic E-state index is 12.9. The summed E-state index contributed by atoms with van der Waals surface area (Å²) in [5.74, 6) is 1.64. The number of aryl methyl sites for hydroxylation is 2. The number of benzene rings is 1. The Kier molecular flexibility index (Phi) is 5.52. The van der Waals surface area contributed by atoms with Gasteiger partial charge in [-0.05, 0) is 39.1 Å². The van der Waals surface area contributed by atoms with Crippen molar-refractivity contribution in [1.82, 2.24) is 15.3 Å². The van der Waals surface area contributed by atoms with Crippen molar-refractivity contribution < 1.29 is 9.53 Å². The molecule has 1 amide bonds. The third-order valence-electron chi connectivity index (χ3n) is 4.92. The SMILES string of the molecule is Cc1cc(N2CCO[C@@H](c3c(C(=O)NC(C)C)sc4ccccc34)C2)nc(C)n1. The maximum atomic E-state index is 12.9. The van der Waals surface area contributed by atoms with E-state index in [4.69, 9.17) is 4.74 Å². The number of morpholine rings is 1. The number of nitrogens with one attached hydrogen (secondary N) is 1. The van der Waals surface area contributed by atoms with E-state index in [9.17, 15) is 4.79 Å². The predicted molar refractivity (Wildman–Crippen MR) is 117 cm³/mol. The second-order valence-corrected chi connectivity index (χ2v) is 8.74. The molecule has 1 saturated heterocycles. The van der Waals surface area contributed by atoms with Crippen molar-refractivity contribution in [3.05, 3.63) is 52.3 Å². The van der Waals surface area contributed by atoms with Gasteiger partial charge in [-0.15, -0.1) is 11.3 Å². The highest BCUT2D eigenvalue weighted by Gasteiger charge is 2.30. The van der Waals surface area contributed by atoms with Gasteiger partial charge in [0, 0.05) is 41.2 Å². The van der Waals surface area contributed by atoms with E-state index < -0.39 is 0 Å². The molecule has 29 heavy (non-hydrogen) atoms. The Hall–Kier alpha value is -2.51. The number of aromatic nitrogens is 2. The Morgan fingerprint density at radius 2 is 2.07 bits per heavy atom. The van der Waals surface area contributed by atoms with Crippen LogP contribution in [-0.2, 0) is 4.74 Å². The van der Waals surface area contributed by atoms with E-state index in [1.165, 1.54) is 11.3 Å². The molecule has 1 aromatic carbocycles. The van der Waals surface area contributed by atoms with E-state index in [-0.39, 0.29) is 18.1 Å². The fraction of sp³-hybridized carbons (Fsp3) is 0.409. The molecule has 0 unspecified atom stereocenters. The standard InChI is InChI=1S/C22H26N4O2S/c1-13(2)23-22(27)21-20(16-7-5-6-8-18(16)29-21)17-12-26(9-10-28-17)19-11-14(3)24-15(4)25-19/h5-8,11,13,17H,9-10,12H2,1-4H3,(H,23,27)/t17-/m1/s1. The van der Waals surface area contributed by atoms with Gasteiger partial charge in [-0.3, -0.25) is 4.79 Å². The number of thiophene rings is 1. The van der Waals surface area contributed by atoms with Crippen LogP contribution in [0.4, 0.5) is 5.82 Å². The number of nitrogens with zero attached hydrogens (tertiary/aromatic N) is 3. The van der Waals surface area contributed by atoms with Crippen LogP contribution in [-0.4, -0.2) is 41.6 Å². The van der Waals surface area contributed by atoms with Crippen LogP contribution in [0.3, 0.4) is 0 Å². The monoisotopic (exact) mass is 410 g/mol. The molecule has 1 N–H and O–H groups in total. The van der Waals surface area contributed by atoms with Crippen LogP contribution < -0.4 is 10.2 Å². The highest BCUT2D eigenvalue weighted by atomic mass is 32.1. The van der Waals surface area contributed by atoms with Gasteiger partial charge in [-0.2, -0.15) is 0 Å². The molecule has 0 bridgehead atoms. The number of hydrogen-bond donors (Lipinski definition) is 1. The number of carbonyl (C=O) groups excluding carboxylic acids is 1. The average Bonchev–Trinajstić information content (AvgIpc) is 3.06. The fourth-order valence-corrected chi connectivity index (χ4v) is 4.93. The first-order chi connectivity index (χ1) is 13.9. The Morgan fingerprint density at radius 3 is 2.83 bits per heavy atom. The summed E-state index contributed by atoms with van der Waals surface area (Å²) in [4.78, 5) is 24.9. The Bertz CT molecular complexity index is 1030. The summed E-state index contributed by atoms with van der Waals surface area (Å²) < 4.78 is 7.28. The van der Waals surface area contributed by atoms with Crippen molar-refractivity contribution in [3.63, 3.8) is 0 Å². The van der Waals surface area contributed by atoms with E-state index in [1.54, 1.807) is 0 Å². The summed E-state index contributed by atoms with van der Waals surface area (Å²) >= 11 is 1.53. The molecule has 6 nitrogen and oxygen atoms in total. The highest BCUT2D eigenvalue weighted by molar-refractivity contribution is 7.21. The lowest BCUT2D eigenvalue weighted by atomic mass is 10.0. The largest absolute Gasteiger partial charge is 0.370 e. The number of hydrogen-bond acceptors (Lipinski definition) is 6. The summed E-state index contributed by atoms with van der Waals surface area (Å²) in [7, 11) is 0. The first kappa shape index (κ1) is 19.8. The van der Waals surface area contributed by atoms with E-state index in [2.05, 4.69) is 32.3 Å². The van der Waals surface area contributed by atoms with Crippen LogP contribution in [0.1, 0.15) is 46.7 Å². The van der Waals surface area contributed by atoms with Crippen molar-refractivity contribution in [1.29, 1.82) is 0 Å². The molecule has 3 aromatic rings. The zero-order valence-corrected chi connectivity index (χ0v) is 18.0. The number of amides is 1. The van der Waals surface area contributed by atoms with Crippen LogP contribution in [0.5, 0.6) is 0 Å². The summed E-state index contributed by atoms with van der Waals surface area (Å²) in [5, 5.41) is 4.13. The lowest BCUT2D eigenvalue weighted by Crippen LogP contribution is -2.39. The Morgan fingerprint density at radius 1 is 1.28 bits per heavy atom. The molecule has 1 aliphatic heterocycles. The zero-order chi connectivity index (χ0) is 20.5. The minimum Gasteiger partial charge on any atom is -0.370 e. The highest BCUT2D eigenvalue weighted by Crippen LogP contribution is 2.38. The van der Waals surface area contributed by atoms with E-state index in [0.717, 1.165) is 44.4 Å². The third-order valence-corrected chi connectivity index (χ3v) is 6.11.